The Labute approximate surface area is 155 Å². The van der Waals surface area contributed by atoms with Crippen LogP contribution >= 0.6 is 0 Å². The maximum atomic E-state index is 12.6. The van der Waals surface area contributed by atoms with Gasteiger partial charge in [-0.2, -0.15) is 22.8 Å². The fourth-order valence-corrected chi connectivity index (χ4v) is 2.57. The van der Waals surface area contributed by atoms with Gasteiger partial charge in [0, 0.05) is 6.26 Å². The second-order valence-electron chi connectivity index (χ2n) is 5.49. The summed E-state index contributed by atoms with van der Waals surface area (Å²) in [4.78, 5) is 23.1. The topological polar surface area (TPSA) is 148 Å². The molecule has 0 aliphatic carbocycles. The van der Waals surface area contributed by atoms with E-state index in [1.54, 1.807) is 5.10 Å². The van der Waals surface area contributed by atoms with Crippen LogP contribution in [0.2, 0.25) is 0 Å². The molecular formula is C13H11F3N8O3S. The number of anilines is 1. The van der Waals surface area contributed by atoms with E-state index in [2.05, 4.69) is 30.5 Å². The lowest BCUT2D eigenvalue weighted by molar-refractivity contribution is -0.144. The molecular weight excluding hydrogens is 405 g/mol. The molecule has 0 radical (unpaired) electrons. The van der Waals surface area contributed by atoms with Crippen LogP contribution in [0.1, 0.15) is 22.3 Å². The van der Waals surface area contributed by atoms with Crippen molar-refractivity contribution in [3.05, 3.63) is 35.8 Å². The minimum Gasteiger partial charge on any atom is -0.318 e. The minimum atomic E-state index is -4.72. The number of sulfone groups is 1. The zero-order valence-electron chi connectivity index (χ0n) is 14.2. The molecule has 2 N–H and O–H groups in total. The lowest BCUT2D eigenvalue weighted by atomic mass is 10.4. The summed E-state index contributed by atoms with van der Waals surface area (Å²) in [5.41, 5.74) is 0.170. The Hall–Kier alpha value is -3.36. The number of aromatic nitrogens is 7. The number of H-pyrrole nitrogens is 1. The van der Waals surface area contributed by atoms with Gasteiger partial charge in [0.2, 0.25) is 11.6 Å². The van der Waals surface area contributed by atoms with Crippen LogP contribution in [0.15, 0.2) is 23.4 Å². The fourth-order valence-electron chi connectivity index (χ4n) is 2.01. The normalized spacial score (nSPS) is 12.2. The highest BCUT2D eigenvalue weighted by Gasteiger charge is 2.35. The molecule has 0 aliphatic rings. The van der Waals surface area contributed by atoms with Crippen molar-refractivity contribution in [2.24, 2.45) is 0 Å². The first-order valence-corrected chi connectivity index (χ1v) is 9.25. The Bertz CT molecular complexity index is 1130. The number of aryl methyl sites for hydroxylation is 1. The van der Waals surface area contributed by atoms with E-state index < -0.39 is 33.7 Å². The number of amides is 1. The van der Waals surface area contributed by atoms with Crippen LogP contribution in [0.3, 0.4) is 0 Å². The second-order valence-corrected chi connectivity index (χ2v) is 7.45. The van der Waals surface area contributed by atoms with Crippen molar-refractivity contribution >= 4 is 21.4 Å². The maximum absolute atomic E-state index is 12.6. The molecule has 0 spiro atoms. The standard InChI is InChI=1S/C13H11F3N8O3S/c1-6-18-9(23-24(6)12-20-11(21-22-12)13(14,15)16)10(25)19-7-3-4-8(17-5-7)28(2,26)27/h3-5H,1-2H3,(H,19,25)(H,20,21,22). The molecule has 0 atom stereocenters. The summed E-state index contributed by atoms with van der Waals surface area (Å²) in [5.74, 6) is -2.83. The molecule has 0 unspecified atom stereocenters. The fraction of sp³-hybridized carbons (Fsp3) is 0.231. The third-order valence-electron chi connectivity index (χ3n) is 3.28. The van der Waals surface area contributed by atoms with Crippen LogP contribution in [0.25, 0.3) is 5.95 Å². The number of hydrogen-bond donors (Lipinski definition) is 2. The molecule has 1 amide bonds. The zero-order chi connectivity index (χ0) is 20.7. The molecule has 0 aromatic carbocycles. The SMILES string of the molecule is Cc1nc(C(=O)Nc2ccc(S(C)(=O)=O)nc2)nn1-c1n[nH]c(C(F)(F)F)n1. The second kappa shape index (κ2) is 6.66. The number of nitrogens with zero attached hydrogens (tertiary/aromatic N) is 6. The number of carbonyl (C=O) groups excluding carboxylic acids is 1. The highest BCUT2D eigenvalue weighted by atomic mass is 32.2. The molecule has 3 aromatic heterocycles. The molecule has 148 valence electrons. The maximum Gasteiger partial charge on any atom is 0.451 e. The van der Waals surface area contributed by atoms with E-state index >= 15 is 0 Å². The minimum absolute atomic E-state index is 0.0726. The molecule has 3 heterocycles. The number of pyridine rings is 1. The largest absolute Gasteiger partial charge is 0.451 e. The van der Waals surface area contributed by atoms with E-state index in [1.165, 1.54) is 19.1 Å². The average Bonchev–Trinajstić information content (AvgIpc) is 3.20. The molecule has 0 aliphatic heterocycles. The number of nitrogens with one attached hydrogen (secondary N) is 2. The van der Waals surface area contributed by atoms with Crippen LogP contribution in [-0.2, 0) is 16.0 Å². The van der Waals surface area contributed by atoms with Crippen LogP contribution in [0.5, 0.6) is 0 Å². The predicted octanol–water partition coefficient (Wildman–Crippen LogP) is 0.763. The zero-order valence-corrected chi connectivity index (χ0v) is 15.0. The number of carbonyl (C=O) groups is 1. The summed E-state index contributed by atoms with van der Waals surface area (Å²) in [6, 6.07) is 2.52. The summed E-state index contributed by atoms with van der Waals surface area (Å²) in [6.07, 6.45) is -2.60. The summed E-state index contributed by atoms with van der Waals surface area (Å²) >= 11 is 0. The first-order chi connectivity index (χ1) is 12.9. The van der Waals surface area contributed by atoms with Gasteiger partial charge in [0.25, 0.3) is 11.9 Å². The highest BCUT2D eigenvalue weighted by Crippen LogP contribution is 2.26. The van der Waals surface area contributed by atoms with Gasteiger partial charge >= 0.3 is 6.18 Å². The lowest BCUT2D eigenvalue weighted by Crippen LogP contribution is -2.15. The van der Waals surface area contributed by atoms with E-state index in [4.69, 9.17) is 0 Å². The van der Waals surface area contributed by atoms with Crippen molar-refractivity contribution in [3.63, 3.8) is 0 Å². The molecule has 0 saturated carbocycles. The Balaban J connectivity index is 1.80. The molecule has 11 nitrogen and oxygen atoms in total. The van der Waals surface area contributed by atoms with E-state index in [1.807, 2.05) is 0 Å². The first-order valence-electron chi connectivity index (χ1n) is 7.36. The van der Waals surface area contributed by atoms with Gasteiger partial charge in [-0.3, -0.25) is 9.89 Å². The summed E-state index contributed by atoms with van der Waals surface area (Å²) in [7, 11) is -3.49. The molecule has 0 fully saturated rings. The smallest absolute Gasteiger partial charge is 0.318 e. The molecule has 15 heteroatoms. The van der Waals surface area contributed by atoms with Gasteiger partial charge in [-0.05, 0) is 19.1 Å². The molecule has 28 heavy (non-hydrogen) atoms. The predicted molar refractivity (Wildman–Crippen MR) is 86.3 cm³/mol. The van der Waals surface area contributed by atoms with Crippen molar-refractivity contribution in [2.75, 3.05) is 11.6 Å². The molecule has 0 saturated heterocycles. The van der Waals surface area contributed by atoms with Crippen molar-refractivity contribution < 1.29 is 26.4 Å². The van der Waals surface area contributed by atoms with Gasteiger partial charge < -0.3 is 5.32 Å². The van der Waals surface area contributed by atoms with Crippen LogP contribution in [0, 0.1) is 6.92 Å². The number of aromatic amines is 1. The van der Waals surface area contributed by atoms with Crippen molar-refractivity contribution in [2.45, 2.75) is 18.1 Å². The van der Waals surface area contributed by atoms with Crippen molar-refractivity contribution in [1.82, 2.24) is 34.9 Å². The quantitative estimate of drug-likeness (QED) is 0.633. The Morgan fingerprint density at radius 2 is 1.96 bits per heavy atom. The number of hydrogen-bond acceptors (Lipinski definition) is 8. The van der Waals surface area contributed by atoms with Gasteiger partial charge in [0.05, 0.1) is 11.9 Å². The van der Waals surface area contributed by atoms with Crippen LogP contribution < -0.4 is 5.32 Å². The average molecular weight is 416 g/mol. The highest BCUT2D eigenvalue weighted by molar-refractivity contribution is 7.90. The first kappa shape index (κ1) is 19.4. The summed E-state index contributed by atoms with van der Waals surface area (Å²) < 4.78 is 61.4. The van der Waals surface area contributed by atoms with Crippen LogP contribution in [-0.4, -0.2) is 55.5 Å². The van der Waals surface area contributed by atoms with Crippen LogP contribution in [0.4, 0.5) is 18.9 Å². The van der Waals surface area contributed by atoms with E-state index in [0.717, 1.165) is 17.1 Å². The Morgan fingerprint density at radius 1 is 1.25 bits per heavy atom. The van der Waals surface area contributed by atoms with Gasteiger partial charge in [-0.1, -0.05) is 0 Å². The summed E-state index contributed by atoms with van der Waals surface area (Å²) in [6.45, 7) is 1.40. The molecule has 3 rings (SSSR count). The molecule has 0 bridgehead atoms. The van der Waals surface area contributed by atoms with E-state index in [0.29, 0.717) is 0 Å². The van der Waals surface area contributed by atoms with Gasteiger partial charge in [0.15, 0.2) is 14.9 Å². The summed E-state index contributed by atoms with van der Waals surface area (Å²) in [5, 5.41) is 11.2. The Morgan fingerprint density at radius 3 is 2.50 bits per heavy atom. The van der Waals surface area contributed by atoms with Gasteiger partial charge in [-0.25, -0.2) is 18.4 Å². The third kappa shape index (κ3) is 3.98. The lowest BCUT2D eigenvalue weighted by Gasteiger charge is -2.03. The third-order valence-corrected chi connectivity index (χ3v) is 4.28. The number of alkyl halides is 3. The molecule has 3 aromatic rings. The van der Waals surface area contributed by atoms with Crippen molar-refractivity contribution in [3.8, 4) is 5.95 Å². The van der Waals surface area contributed by atoms with Gasteiger partial charge in [-0.15, -0.1) is 10.2 Å². The number of halogens is 3. The van der Waals surface area contributed by atoms with E-state index in [-0.39, 0.29) is 22.4 Å². The van der Waals surface area contributed by atoms with Gasteiger partial charge in [0.1, 0.15) is 5.82 Å². The van der Waals surface area contributed by atoms with E-state index in [9.17, 15) is 26.4 Å². The monoisotopic (exact) mass is 416 g/mol. The van der Waals surface area contributed by atoms with Crippen molar-refractivity contribution in [1.29, 1.82) is 0 Å². The Kier molecular flexibility index (Phi) is 4.62. The number of rotatable bonds is 4.